The van der Waals surface area contributed by atoms with Crippen LogP contribution < -0.4 is 0 Å². The molecule has 1 atom stereocenters. The molecule has 0 aromatic heterocycles. The molecule has 0 bridgehead atoms. The Morgan fingerprint density at radius 2 is 1.78 bits per heavy atom. The summed E-state index contributed by atoms with van der Waals surface area (Å²) in [5, 5.41) is 0. The SMILES string of the molecule is CC(C)(C)OC(=O)N1CCCC(F)(N2C(=O)c3ccc(F)cc3C2=O)C1=O. The van der Waals surface area contributed by atoms with Crippen molar-refractivity contribution in [2.45, 2.75) is 45.0 Å². The van der Waals surface area contributed by atoms with Gasteiger partial charge in [-0.2, -0.15) is 0 Å². The number of piperidine rings is 1. The number of carbonyl (C=O) groups excluding carboxylic acids is 4. The van der Waals surface area contributed by atoms with Crippen molar-refractivity contribution in [3.63, 3.8) is 0 Å². The van der Waals surface area contributed by atoms with Crippen molar-refractivity contribution in [1.29, 1.82) is 0 Å². The number of alkyl halides is 1. The molecule has 0 saturated carbocycles. The van der Waals surface area contributed by atoms with Gasteiger partial charge in [0.1, 0.15) is 11.4 Å². The average Bonchev–Trinajstić information content (AvgIpc) is 2.79. The van der Waals surface area contributed by atoms with Crippen LogP contribution >= 0.6 is 0 Å². The molecular weight excluding hydrogens is 362 g/mol. The molecule has 2 aliphatic rings. The van der Waals surface area contributed by atoms with Crippen molar-refractivity contribution in [1.82, 2.24) is 9.80 Å². The summed E-state index contributed by atoms with van der Waals surface area (Å²) in [4.78, 5) is 50.7. The van der Waals surface area contributed by atoms with Gasteiger partial charge in [-0.3, -0.25) is 14.4 Å². The molecule has 3 rings (SSSR count). The maximum atomic E-state index is 15.7. The van der Waals surface area contributed by atoms with E-state index in [0.29, 0.717) is 4.90 Å². The lowest BCUT2D eigenvalue weighted by Gasteiger charge is -2.39. The molecular formula is C18H18F2N2O5. The van der Waals surface area contributed by atoms with Crippen LogP contribution in [0, 0.1) is 5.82 Å². The molecule has 144 valence electrons. The minimum Gasteiger partial charge on any atom is -0.443 e. The number of carbonyl (C=O) groups is 4. The van der Waals surface area contributed by atoms with E-state index in [-0.39, 0.29) is 29.0 Å². The molecule has 27 heavy (non-hydrogen) atoms. The van der Waals surface area contributed by atoms with Crippen molar-refractivity contribution >= 4 is 23.8 Å². The first-order valence-corrected chi connectivity index (χ1v) is 8.38. The number of imide groups is 2. The minimum absolute atomic E-state index is 0.0310. The lowest BCUT2D eigenvalue weighted by Crippen LogP contribution is -2.63. The second-order valence-corrected chi connectivity index (χ2v) is 7.44. The fourth-order valence-electron chi connectivity index (χ4n) is 3.12. The van der Waals surface area contributed by atoms with Gasteiger partial charge in [-0.15, -0.1) is 0 Å². The number of halogens is 2. The van der Waals surface area contributed by atoms with E-state index < -0.39 is 47.4 Å². The summed E-state index contributed by atoms with van der Waals surface area (Å²) in [5.41, 5.74) is -1.43. The monoisotopic (exact) mass is 380 g/mol. The van der Waals surface area contributed by atoms with Crippen LogP contribution in [0.4, 0.5) is 13.6 Å². The quantitative estimate of drug-likeness (QED) is 0.552. The maximum Gasteiger partial charge on any atom is 0.417 e. The second kappa shape index (κ2) is 6.11. The molecule has 0 aliphatic carbocycles. The smallest absolute Gasteiger partial charge is 0.417 e. The summed E-state index contributed by atoms with van der Waals surface area (Å²) in [6, 6.07) is 2.85. The van der Waals surface area contributed by atoms with Gasteiger partial charge in [0.05, 0.1) is 11.1 Å². The highest BCUT2D eigenvalue weighted by molar-refractivity contribution is 6.23. The van der Waals surface area contributed by atoms with E-state index in [4.69, 9.17) is 4.74 Å². The number of amides is 4. The molecule has 0 spiro atoms. The zero-order valence-corrected chi connectivity index (χ0v) is 15.0. The summed E-state index contributed by atoms with van der Waals surface area (Å²) >= 11 is 0. The highest BCUT2D eigenvalue weighted by Crippen LogP contribution is 2.37. The molecule has 7 nitrogen and oxygen atoms in total. The third-order valence-electron chi connectivity index (χ3n) is 4.28. The first kappa shape index (κ1) is 18.9. The first-order chi connectivity index (χ1) is 12.5. The minimum atomic E-state index is -3.04. The number of ether oxygens (including phenoxy) is 1. The summed E-state index contributed by atoms with van der Waals surface area (Å²) < 4.78 is 34.2. The summed E-state index contributed by atoms with van der Waals surface area (Å²) in [5.74, 6) is -7.32. The number of hydrogen-bond acceptors (Lipinski definition) is 5. The Labute approximate surface area is 153 Å². The summed E-state index contributed by atoms with van der Waals surface area (Å²) in [6.07, 6.45) is -1.49. The number of fused-ring (bicyclic) bond motifs is 1. The highest BCUT2D eigenvalue weighted by Gasteiger charge is 2.58. The third kappa shape index (κ3) is 3.07. The zero-order valence-electron chi connectivity index (χ0n) is 15.0. The third-order valence-corrected chi connectivity index (χ3v) is 4.28. The summed E-state index contributed by atoms with van der Waals surface area (Å²) in [7, 11) is 0. The van der Waals surface area contributed by atoms with E-state index in [9.17, 15) is 23.6 Å². The van der Waals surface area contributed by atoms with Gasteiger partial charge in [0.2, 0.25) is 0 Å². The van der Waals surface area contributed by atoms with Crippen molar-refractivity contribution in [2.75, 3.05) is 6.54 Å². The molecule has 0 radical (unpaired) electrons. The van der Waals surface area contributed by atoms with Crippen molar-refractivity contribution in [2.24, 2.45) is 0 Å². The zero-order chi connectivity index (χ0) is 20.1. The summed E-state index contributed by atoms with van der Waals surface area (Å²) in [6.45, 7) is 4.65. The van der Waals surface area contributed by atoms with E-state index in [1.54, 1.807) is 20.8 Å². The van der Waals surface area contributed by atoms with Gasteiger partial charge in [0.15, 0.2) is 0 Å². The Kier molecular flexibility index (Phi) is 4.28. The van der Waals surface area contributed by atoms with Gasteiger partial charge in [-0.1, -0.05) is 0 Å². The van der Waals surface area contributed by atoms with E-state index in [0.717, 1.165) is 18.2 Å². The van der Waals surface area contributed by atoms with Crippen LogP contribution in [0.25, 0.3) is 0 Å². The van der Waals surface area contributed by atoms with Gasteiger partial charge in [0.25, 0.3) is 23.5 Å². The maximum absolute atomic E-state index is 15.7. The number of hydrogen-bond donors (Lipinski definition) is 0. The highest BCUT2D eigenvalue weighted by atomic mass is 19.1. The van der Waals surface area contributed by atoms with E-state index in [2.05, 4.69) is 0 Å². The van der Waals surface area contributed by atoms with Crippen LogP contribution in [-0.4, -0.2) is 51.6 Å². The van der Waals surface area contributed by atoms with Crippen LogP contribution in [0.3, 0.4) is 0 Å². The lowest BCUT2D eigenvalue weighted by molar-refractivity contribution is -0.157. The molecule has 1 saturated heterocycles. The van der Waals surface area contributed by atoms with Gasteiger partial charge in [0, 0.05) is 13.0 Å². The van der Waals surface area contributed by atoms with Crippen molar-refractivity contribution < 1.29 is 32.7 Å². The predicted octanol–water partition coefficient (Wildman–Crippen LogP) is 2.65. The molecule has 9 heteroatoms. The molecule has 1 fully saturated rings. The van der Waals surface area contributed by atoms with Crippen molar-refractivity contribution in [3.05, 3.63) is 35.1 Å². The Morgan fingerprint density at radius 1 is 1.15 bits per heavy atom. The van der Waals surface area contributed by atoms with Crippen LogP contribution in [0.5, 0.6) is 0 Å². The van der Waals surface area contributed by atoms with E-state index in [1.165, 1.54) is 0 Å². The Morgan fingerprint density at radius 3 is 2.41 bits per heavy atom. The number of nitrogens with zero attached hydrogens (tertiary/aromatic N) is 2. The fraction of sp³-hybridized carbons (Fsp3) is 0.444. The van der Waals surface area contributed by atoms with E-state index >= 15 is 4.39 Å². The van der Waals surface area contributed by atoms with Gasteiger partial charge in [-0.05, 0) is 45.4 Å². The molecule has 1 aromatic carbocycles. The van der Waals surface area contributed by atoms with Crippen LogP contribution in [0.2, 0.25) is 0 Å². The fourth-order valence-corrected chi connectivity index (χ4v) is 3.12. The second-order valence-electron chi connectivity index (χ2n) is 7.44. The predicted molar refractivity (Wildman–Crippen MR) is 87.9 cm³/mol. The Hall–Kier alpha value is -2.84. The largest absolute Gasteiger partial charge is 0.443 e. The first-order valence-electron chi connectivity index (χ1n) is 8.38. The molecule has 2 aliphatic heterocycles. The molecule has 2 heterocycles. The number of likely N-dealkylation sites (tertiary alicyclic amines) is 1. The van der Waals surface area contributed by atoms with Crippen LogP contribution in [0.15, 0.2) is 18.2 Å². The topological polar surface area (TPSA) is 84.0 Å². The molecule has 1 aromatic rings. The Balaban J connectivity index is 1.94. The molecule has 4 amide bonds. The molecule has 1 unspecified atom stereocenters. The van der Waals surface area contributed by atoms with Crippen LogP contribution in [-0.2, 0) is 9.53 Å². The van der Waals surface area contributed by atoms with Crippen molar-refractivity contribution in [3.8, 4) is 0 Å². The van der Waals surface area contributed by atoms with Gasteiger partial charge < -0.3 is 4.74 Å². The number of benzene rings is 1. The lowest BCUT2D eigenvalue weighted by atomic mass is 10.0. The number of rotatable bonds is 1. The van der Waals surface area contributed by atoms with E-state index in [1.807, 2.05) is 0 Å². The normalized spacial score (nSPS) is 22.9. The van der Waals surface area contributed by atoms with Gasteiger partial charge in [-0.25, -0.2) is 23.4 Å². The average molecular weight is 380 g/mol. The standard InChI is InChI=1S/C18H18F2N2O5/c1-17(2,3)27-16(26)21-8-4-7-18(20,15(21)25)22-13(23)11-6-5-10(19)9-12(11)14(22)24/h5-6,9H,4,7-8H2,1-3H3. The molecule has 0 N–H and O–H groups in total. The van der Waals surface area contributed by atoms with Crippen LogP contribution in [0.1, 0.15) is 54.3 Å². The van der Waals surface area contributed by atoms with Gasteiger partial charge >= 0.3 is 6.09 Å². The Bertz CT molecular complexity index is 864.